The number of likely N-dealkylation sites (N-methyl/N-ethyl adjacent to an activating group) is 1. The third kappa shape index (κ3) is 4.47. The fraction of sp³-hybridized carbons (Fsp3) is 0.286. The smallest absolute Gasteiger partial charge is 0.129 e. The number of nitrogens with zero attached hydrogens (tertiary/aromatic N) is 1. The minimum atomic E-state index is 0.563. The first-order valence-corrected chi connectivity index (χ1v) is 9.42. The number of aromatic nitrogens is 1. The van der Waals surface area contributed by atoms with E-state index in [0.29, 0.717) is 6.61 Å². The van der Waals surface area contributed by atoms with Crippen molar-refractivity contribution in [2.75, 3.05) is 13.6 Å². The maximum absolute atomic E-state index is 6.16. The molecule has 0 aliphatic rings. The number of aryl methyl sites for hydroxylation is 2. The molecule has 0 saturated heterocycles. The van der Waals surface area contributed by atoms with E-state index in [2.05, 4.69) is 48.8 Å². The highest BCUT2D eigenvalue weighted by molar-refractivity contribution is 7.09. The lowest BCUT2D eigenvalue weighted by molar-refractivity contribution is 0.307. The standard InChI is InChI=1S/C21H24N2OS/c1-15-11-18(19-14-25-21(23-19)9-10-22-3)20(12-16(15)2)24-13-17-7-5-4-6-8-17/h4-8,11-12,14,22H,9-10,13H2,1-3H3. The Kier molecular flexibility index (Phi) is 5.84. The second kappa shape index (κ2) is 8.28. The maximum Gasteiger partial charge on any atom is 0.129 e. The van der Waals surface area contributed by atoms with E-state index < -0.39 is 0 Å². The zero-order valence-corrected chi connectivity index (χ0v) is 15.8. The summed E-state index contributed by atoms with van der Waals surface area (Å²) in [6, 6.07) is 14.6. The Bertz CT molecular complexity index is 827. The van der Waals surface area contributed by atoms with Crippen molar-refractivity contribution in [3.05, 3.63) is 69.5 Å². The summed E-state index contributed by atoms with van der Waals surface area (Å²) >= 11 is 1.71. The fourth-order valence-corrected chi connectivity index (χ4v) is 3.42. The number of benzene rings is 2. The van der Waals surface area contributed by atoms with Gasteiger partial charge in [0.15, 0.2) is 0 Å². The summed E-state index contributed by atoms with van der Waals surface area (Å²) in [6.45, 7) is 5.76. The predicted molar refractivity (Wildman–Crippen MR) is 105 cm³/mol. The van der Waals surface area contributed by atoms with Crippen LogP contribution in [-0.2, 0) is 13.0 Å². The lowest BCUT2D eigenvalue weighted by Crippen LogP contribution is -2.09. The van der Waals surface area contributed by atoms with Crippen LogP contribution in [0.1, 0.15) is 21.7 Å². The van der Waals surface area contributed by atoms with Gasteiger partial charge in [0.25, 0.3) is 0 Å². The highest BCUT2D eigenvalue weighted by Crippen LogP contribution is 2.34. The van der Waals surface area contributed by atoms with Gasteiger partial charge in [-0.15, -0.1) is 11.3 Å². The molecule has 0 spiro atoms. The van der Waals surface area contributed by atoms with E-state index in [1.165, 1.54) is 16.7 Å². The molecule has 3 rings (SSSR count). The molecule has 0 bridgehead atoms. The number of rotatable bonds is 7. The Labute approximate surface area is 153 Å². The van der Waals surface area contributed by atoms with E-state index in [1.54, 1.807) is 11.3 Å². The summed E-state index contributed by atoms with van der Waals surface area (Å²) in [5, 5.41) is 6.45. The third-order valence-corrected chi connectivity index (χ3v) is 5.16. The molecule has 0 amide bonds. The Morgan fingerprint density at radius 3 is 2.60 bits per heavy atom. The van der Waals surface area contributed by atoms with Gasteiger partial charge in [-0.25, -0.2) is 4.98 Å². The van der Waals surface area contributed by atoms with Crippen molar-refractivity contribution in [2.45, 2.75) is 26.9 Å². The fourth-order valence-electron chi connectivity index (χ4n) is 2.63. The largest absolute Gasteiger partial charge is 0.488 e. The number of nitrogens with one attached hydrogen (secondary N) is 1. The second-order valence-electron chi connectivity index (χ2n) is 6.19. The molecule has 0 unspecified atom stereocenters. The molecular weight excluding hydrogens is 328 g/mol. The van der Waals surface area contributed by atoms with Gasteiger partial charge in [0.2, 0.25) is 0 Å². The highest BCUT2D eigenvalue weighted by Gasteiger charge is 2.13. The van der Waals surface area contributed by atoms with Crippen molar-refractivity contribution in [3.63, 3.8) is 0 Å². The second-order valence-corrected chi connectivity index (χ2v) is 7.13. The van der Waals surface area contributed by atoms with Gasteiger partial charge in [0.1, 0.15) is 12.4 Å². The van der Waals surface area contributed by atoms with Crippen molar-refractivity contribution in [1.82, 2.24) is 10.3 Å². The monoisotopic (exact) mass is 352 g/mol. The summed E-state index contributed by atoms with van der Waals surface area (Å²) in [4.78, 5) is 4.80. The van der Waals surface area contributed by atoms with Crippen LogP contribution in [0.5, 0.6) is 5.75 Å². The van der Waals surface area contributed by atoms with Crippen LogP contribution in [0.25, 0.3) is 11.3 Å². The van der Waals surface area contributed by atoms with E-state index in [1.807, 2.05) is 25.2 Å². The highest BCUT2D eigenvalue weighted by atomic mass is 32.1. The molecule has 0 fully saturated rings. The zero-order chi connectivity index (χ0) is 17.6. The van der Waals surface area contributed by atoms with Gasteiger partial charge < -0.3 is 10.1 Å². The van der Waals surface area contributed by atoms with E-state index in [-0.39, 0.29) is 0 Å². The van der Waals surface area contributed by atoms with Crippen LogP contribution in [0.3, 0.4) is 0 Å². The van der Waals surface area contributed by atoms with Crippen LogP contribution < -0.4 is 10.1 Å². The molecule has 2 aromatic carbocycles. The average molecular weight is 353 g/mol. The average Bonchev–Trinajstić information content (AvgIpc) is 3.10. The molecule has 0 saturated carbocycles. The molecule has 0 atom stereocenters. The molecule has 3 aromatic rings. The maximum atomic E-state index is 6.16. The molecule has 1 N–H and O–H groups in total. The lowest BCUT2D eigenvalue weighted by atomic mass is 10.0. The van der Waals surface area contributed by atoms with Gasteiger partial charge in [0.05, 0.1) is 10.7 Å². The Hall–Kier alpha value is -2.17. The number of thiazole rings is 1. The van der Waals surface area contributed by atoms with Crippen LogP contribution in [0.2, 0.25) is 0 Å². The molecule has 0 aliphatic carbocycles. The molecule has 3 nitrogen and oxygen atoms in total. The molecule has 0 radical (unpaired) electrons. The van der Waals surface area contributed by atoms with Crippen molar-refractivity contribution in [2.24, 2.45) is 0 Å². The SMILES string of the molecule is CNCCc1nc(-c2cc(C)c(C)cc2OCc2ccccc2)cs1. The number of ether oxygens (including phenoxy) is 1. The molecule has 130 valence electrons. The first-order chi connectivity index (χ1) is 12.2. The molecule has 0 aliphatic heterocycles. The van der Waals surface area contributed by atoms with E-state index in [0.717, 1.165) is 35.0 Å². The van der Waals surface area contributed by atoms with Crippen LogP contribution >= 0.6 is 11.3 Å². The number of hydrogen-bond donors (Lipinski definition) is 1. The molecular formula is C21H24N2OS. The van der Waals surface area contributed by atoms with Gasteiger partial charge in [-0.05, 0) is 49.7 Å². The Morgan fingerprint density at radius 1 is 1.08 bits per heavy atom. The molecule has 1 heterocycles. The lowest BCUT2D eigenvalue weighted by Gasteiger charge is -2.13. The number of hydrogen-bond acceptors (Lipinski definition) is 4. The molecule has 25 heavy (non-hydrogen) atoms. The van der Waals surface area contributed by atoms with Crippen LogP contribution in [0.15, 0.2) is 47.8 Å². The van der Waals surface area contributed by atoms with Gasteiger partial charge in [-0.3, -0.25) is 0 Å². The van der Waals surface area contributed by atoms with Gasteiger partial charge in [0, 0.05) is 23.9 Å². The summed E-state index contributed by atoms with van der Waals surface area (Å²) in [5.74, 6) is 0.900. The first-order valence-electron chi connectivity index (χ1n) is 8.54. The summed E-state index contributed by atoms with van der Waals surface area (Å²) in [6.07, 6.45) is 0.951. The van der Waals surface area contributed by atoms with E-state index in [9.17, 15) is 0 Å². The first kappa shape index (κ1) is 17.6. The van der Waals surface area contributed by atoms with Crippen LogP contribution in [0.4, 0.5) is 0 Å². The van der Waals surface area contributed by atoms with Gasteiger partial charge in [-0.1, -0.05) is 30.3 Å². The third-order valence-electron chi connectivity index (χ3n) is 4.25. The van der Waals surface area contributed by atoms with Crippen molar-refractivity contribution < 1.29 is 4.74 Å². The normalized spacial score (nSPS) is 10.8. The Balaban J connectivity index is 1.87. The molecule has 4 heteroatoms. The van der Waals surface area contributed by atoms with Crippen molar-refractivity contribution in [3.8, 4) is 17.0 Å². The van der Waals surface area contributed by atoms with E-state index >= 15 is 0 Å². The molecule has 1 aromatic heterocycles. The van der Waals surface area contributed by atoms with Crippen LogP contribution in [0, 0.1) is 13.8 Å². The summed E-state index contributed by atoms with van der Waals surface area (Å²) in [7, 11) is 1.97. The van der Waals surface area contributed by atoms with Crippen molar-refractivity contribution in [1.29, 1.82) is 0 Å². The quantitative estimate of drug-likeness (QED) is 0.665. The van der Waals surface area contributed by atoms with E-state index in [4.69, 9.17) is 9.72 Å². The van der Waals surface area contributed by atoms with Crippen LogP contribution in [-0.4, -0.2) is 18.6 Å². The summed E-state index contributed by atoms with van der Waals surface area (Å²) < 4.78 is 6.16. The topological polar surface area (TPSA) is 34.2 Å². The Morgan fingerprint density at radius 2 is 1.84 bits per heavy atom. The minimum absolute atomic E-state index is 0.563. The van der Waals surface area contributed by atoms with Crippen molar-refractivity contribution >= 4 is 11.3 Å². The minimum Gasteiger partial charge on any atom is -0.488 e. The van der Waals surface area contributed by atoms with Gasteiger partial charge >= 0.3 is 0 Å². The predicted octanol–water partition coefficient (Wildman–Crippen LogP) is 4.77. The summed E-state index contributed by atoms with van der Waals surface area (Å²) in [5.41, 5.74) is 5.73. The van der Waals surface area contributed by atoms with Gasteiger partial charge in [-0.2, -0.15) is 0 Å². The zero-order valence-electron chi connectivity index (χ0n) is 15.0.